The standard InChI is InChI=1S/C12H18O2/c1-11-6-3-5-9(13)10(11)8-4-2-7-12(8,11)14/h8,10,14H,2-7H2,1H3/t8?,10?,11?,12-/m1/s1. The lowest BCUT2D eigenvalue weighted by Crippen LogP contribution is -2.70. The first-order chi connectivity index (χ1) is 6.59. The average Bonchev–Trinajstić information content (AvgIpc) is 2.46. The molecule has 0 heterocycles. The molecule has 0 aromatic carbocycles. The predicted molar refractivity (Wildman–Crippen MR) is 52.7 cm³/mol. The highest BCUT2D eigenvalue weighted by Crippen LogP contribution is 2.69. The second-order valence-electron chi connectivity index (χ2n) is 5.64. The number of rotatable bonds is 0. The number of hydrogen-bond donors (Lipinski definition) is 1. The fraction of sp³-hybridized carbons (Fsp3) is 0.917. The van der Waals surface area contributed by atoms with E-state index in [0.29, 0.717) is 11.7 Å². The van der Waals surface area contributed by atoms with Gasteiger partial charge < -0.3 is 5.11 Å². The largest absolute Gasteiger partial charge is 0.389 e. The van der Waals surface area contributed by atoms with Crippen molar-refractivity contribution in [1.82, 2.24) is 0 Å². The predicted octanol–water partition coefficient (Wildman–Crippen LogP) is 1.91. The summed E-state index contributed by atoms with van der Waals surface area (Å²) in [5.41, 5.74) is -0.544. The van der Waals surface area contributed by atoms with Crippen molar-refractivity contribution in [2.45, 2.75) is 51.0 Å². The van der Waals surface area contributed by atoms with Crippen LogP contribution in [0.3, 0.4) is 0 Å². The number of carbonyl (C=O) groups excluding carboxylic acids is 1. The zero-order chi connectivity index (χ0) is 9.97. The lowest BCUT2D eigenvalue weighted by molar-refractivity contribution is -0.245. The number of carbonyl (C=O) groups is 1. The minimum atomic E-state index is -0.478. The summed E-state index contributed by atoms with van der Waals surface area (Å²) in [5.74, 6) is 0.930. The van der Waals surface area contributed by atoms with Gasteiger partial charge in [0.25, 0.3) is 0 Å². The molecule has 1 N–H and O–H groups in total. The molecule has 0 spiro atoms. The van der Waals surface area contributed by atoms with Gasteiger partial charge >= 0.3 is 0 Å². The fourth-order valence-corrected chi connectivity index (χ4v) is 4.52. The van der Waals surface area contributed by atoms with Gasteiger partial charge in [0, 0.05) is 17.8 Å². The van der Waals surface area contributed by atoms with Crippen molar-refractivity contribution in [3.05, 3.63) is 0 Å². The zero-order valence-electron chi connectivity index (χ0n) is 8.75. The topological polar surface area (TPSA) is 37.3 Å². The Kier molecular flexibility index (Phi) is 1.53. The molecular formula is C12H18O2. The maximum atomic E-state index is 11.8. The van der Waals surface area contributed by atoms with Gasteiger partial charge in [0.2, 0.25) is 0 Å². The van der Waals surface area contributed by atoms with Gasteiger partial charge in [0.15, 0.2) is 0 Å². The van der Waals surface area contributed by atoms with E-state index in [4.69, 9.17) is 0 Å². The molecule has 2 heteroatoms. The summed E-state index contributed by atoms with van der Waals surface area (Å²) in [5, 5.41) is 10.6. The molecule has 14 heavy (non-hydrogen) atoms. The minimum Gasteiger partial charge on any atom is -0.389 e. The Hall–Kier alpha value is -0.370. The van der Waals surface area contributed by atoms with Gasteiger partial charge in [-0.05, 0) is 31.6 Å². The van der Waals surface area contributed by atoms with Crippen molar-refractivity contribution >= 4 is 5.78 Å². The molecule has 78 valence electrons. The third-order valence-corrected chi connectivity index (χ3v) is 5.23. The molecule has 3 saturated carbocycles. The van der Waals surface area contributed by atoms with Crippen molar-refractivity contribution in [2.75, 3.05) is 0 Å². The molecule has 4 atom stereocenters. The van der Waals surface area contributed by atoms with Crippen LogP contribution in [0.25, 0.3) is 0 Å². The quantitative estimate of drug-likeness (QED) is 0.639. The van der Waals surface area contributed by atoms with Crippen LogP contribution in [0.15, 0.2) is 0 Å². The zero-order valence-corrected chi connectivity index (χ0v) is 8.75. The van der Waals surface area contributed by atoms with E-state index in [0.717, 1.165) is 38.5 Å². The van der Waals surface area contributed by atoms with E-state index in [-0.39, 0.29) is 11.3 Å². The van der Waals surface area contributed by atoms with Crippen LogP contribution in [-0.4, -0.2) is 16.5 Å². The molecule has 0 amide bonds. The van der Waals surface area contributed by atoms with Crippen LogP contribution in [0, 0.1) is 17.3 Å². The van der Waals surface area contributed by atoms with Crippen LogP contribution in [0.1, 0.15) is 45.4 Å². The van der Waals surface area contributed by atoms with E-state index < -0.39 is 5.60 Å². The first-order valence-electron chi connectivity index (χ1n) is 5.85. The van der Waals surface area contributed by atoms with E-state index in [1.165, 1.54) is 0 Å². The molecule has 2 nitrogen and oxygen atoms in total. The fourth-order valence-electron chi connectivity index (χ4n) is 4.52. The van der Waals surface area contributed by atoms with E-state index in [9.17, 15) is 9.90 Å². The van der Waals surface area contributed by atoms with Crippen molar-refractivity contribution in [3.63, 3.8) is 0 Å². The van der Waals surface area contributed by atoms with Crippen LogP contribution in [0.5, 0.6) is 0 Å². The highest BCUT2D eigenvalue weighted by atomic mass is 16.3. The maximum Gasteiger partial charge on any atom is 0.137 e. The summed E-state index contributed by atoms with van der Waals surface area (Å²) in [6, 6.07) is 0. The number of ketones is 1. The number of fused-ring (bicyclic) bond motifs is 4. The molecule has 0 aromatic heterocycles. The van der Waals surface area contributed by atoms with E-state index in [1.807, 2.05) is 0 Å². The third kappa shape index (κ3) is 0.723. The monoisotopic (exact) mass is 194 g/mol. The van der Waals surface area contributed by atoms with Crippen molar-refractivity contribution < 1.29 is 9.90 Å². The van der Waals surface area contributed by atoms with Crippen molar-refractivity contribution in [1.29, 1.82) is 0 Å². The number of Topliss-reactive ketones (excluding diaryl/α,β-unsaturated/α-hetero) is 1. The van der Waals surface area contributed by atoms with Crippen molar-refractivity contribution in [3.8, 4) is 0 Å². The molecule has 3 unspecified atom stereocenters. The molecule has 3 fully saturated rings. The molecule has 0 bridgehead atoms. The van der Waals surface area contributed by atoms with Crippen LogP contribution in [-0.2, 0) is 4.79 Å². The van der Waals surface area contributed by atoms with Crippen LogP contribution in [0.4, 0.5) is 0 Å². The molecule has 0 saturated heterocycles. The Morgan fingerprint density at radius 2 is 2.14 bits per heavy atom. The Balaban J connectivity index is 2.00. The summed E-state index contributed by atoms with van der Waals surface area (Å²) < 4.78 is 0. The SMILES string of the molecule is CC12CCCC(=O)C1C1CCC[C@@]12O. The molecule has 3 aliphatic rings. The summed E-state index contributed by atoms with van der Waals surface area (Å²) in [6.45, 7) is 2.14. The highest BCUT2D eigenvalue weighted by molar-refractivity contribution is 5.85. The number of aliphatic hydroxyl groups is 1. The van der Waals surface area contributed by atoms with Crippen LogP contribution in [0.2, 0.25) is 0 Å². The maximum absolute atomic E-state index is 11.8. The molecular weight excluding hydrogens is 176 g/mol. The minimum absolute atomic E-state index is 0.0660. The van der Waals surface area contributed by atoms with Gasteiger partial charge in [-0.3, -0.25) is 4.79 Å². The first-order valence-corrected chi connectivity index (χ1v) is 5.85. The number of hydrogen-bond acceptors (Lipinski definition) is 2. The van der Waals surface area contributed by atoms with Gasteiger partial charge in [-0.1, -0.05) is 13.3 Å². The first kappa shape index (κ1) is 8.90. The van der Waals surface area contributed by atoms with Crippen LogP contribution >= 0.6 is 0 Å². The second kappa shape index (κ2) is 2.41. The van der Waals surface area contributed by atoms with Gasteiger partial charge in [-0.25, -0.2) is 0 Å². The van der Waals surface area contributed by atoms with Crippen molar-refractivity contribution in [2.24, 2.45) is 17.3 Å². The van der Waals surface area contributed by atoms with E-state index >= 15 is 0 Å². The van der Waals surface area contributed by atoms with E-state index in [2.05, 4.69) is 6.92 Å². The Morgan fingerprint density at radius 3 is 2.93 bits per heavy atom. The molecule has 0 radical (unpaired) electrons. The average molecular weight is 194 g/mol. The smallest absolute Gasteiger partial charge is 0.137 e. The molecule has 3 aliphatic carbocycles. The van der Waals surface area contributed by atoms with Crippen LogP contribution < -0.4 is 0 Å². The van der Waals surface area contributed by atoms with Gasteiger partial charge in [-0.15, -0.1) is 0 Å². The molecule has 0 aliphatic heterocycles. The highest BCUT2D eigenvalue weighted by Gasteiger charge is 2.72. The Labute approximate surface area is 84.7 Å². The van der Waals surface area contributed by atoms with Gasteiger partial charge in [0.05, 0.1) is 5.60 Å². The Bertz CT molecular complexity index is 299. The summed E-state index contributed by atoms with van der Waals surface area (Å²) in [7, 11) is 0. The summed E-state index contributed by atoms with van der Waals surface area (Å²) in [4.78, 5) is 11.8. The lowest BCUT2D eigenvalue weighted by atomic mass is 9.41. The molecule has 0 aromatic rings. The third-order valence-electron chi connectivity index (χ3n) is 5.23. The summed E-state index contributed by atoms with van der Waals surface area (Å²) in [6.07, 6.45) is 5.91. The Morgan fingerprint density at radius 1 is 1.36 bits per heavy atom. The van der Waals surface area contributed by atoms with Gasteiger partial charge in [0.1, 0.15) is 5.78 Å². The van der Waals surface area contributed by atoms with Gasteiger partial charge in [-0.2, -0.15) is 0 Å². The normalized spacial score (nSPS) is 56.3. The lowest BCUT2D eigenvalue weighted by Gasteiger charge is -2.64. The molecule has 3 rings (SSSR count). The summed E-state index contributed by atoms with van der Waals surface area (Å²) >= 11 is 0. The van der Waals surface area contributed by atoms with E-state index in [1.54, 1.807) is 0 Å². The second-order valence-corrected chi connectivity index (χ2v) is 5.64.